The summed E-state index contributed by atoms with van der Waals surface area (Å²) in [6.07, 6.45) is 1.87. The Labute approximate surface area is 135 Å². The normalized spacial score (nSPS) is 21.4. The molecule has 1 heterocycles. The van der Waals surface area contributed by atoms with Gasteiger partial charge in [0.05, 0.1) is 16.1 Å². The van der Waals surface area contributed by atoms with Crippen molar-refractivity contribution in [3.05, 3.63) is 71.1 Å². The SMILES string of the molecule is CC1S[N+]([N-]S(=O)(=O)c2ccccc2)=CC1c1ccccc1. The molecule has 6 heteroatoms. The van der Waals surface area contributed by atoms with Crippen LogP contribution in [0.1, 0.15) is 18.4 Å². The Balaban J connectivity index is 1.82. The first-order valence-electron chi connectivity index (χ1n) is 6.95. The Morgan fingerprint density at radius 3 is 2.23 bits per heavy atom. The number of sulfonamides is 1. The van der Waals surface area contributed by atoms with Gasteiger partial charge in [-0.2, -0.15) is 4.09 Å². The van der Waals surface area contributed by atoms with Crippen LogP contribution in [0.5, 0.6) is 0 Å². The van der Waals surface area contributed by atoms with E-state index in [1.807, 2.05) is 36.5 Å². The van der Waals surface area contributed by atoms with Crippen molar-refractivity contribution in [2.24, 2.45) is 0 Å². The van der Waals surface area contributed by atoms with Crippen LogP contribution in [0, 0.1) is 0 Å². The van der Waals surface area contributed by atoms with E-state index in [9.17, 15) is 8.42 Å². The summed E-state index contributed by atoms with van der Waals surface area (Å²) in [5, 5.41) is 0.233. The molecule has 114 valence electrons. The Hall–Kier alpha value is -1.79. The van der Waals surface area contributed by atoms with Crippen molar-refractivity contribution < 1.29 is 12.5 Å². The first-order chi connectivity index (χ1) is 10.6. The Bertz CT molecular complexity index is 774. The summed E-state index contributed by atoms with van der Waals surface area (Å²) in [6.45, 7) is 2.07. The summed E-state index contributed by atoms with van der Waals surface area (Å²) in [4.78, 5) is 4.13. The van der Waals surface area contributed by atoms with Crippen molar-refractivity contribution in [2.75, 3.05) is 0 Å². The van der Waals surface area contributed by atoms with Crippen LogP contribution < -0.4 is 0 Å². The van der Waals surface area contributed by atoms with Crippen molar-refractivity contribution in [2.45, 2.75) is 23.0 Å². The zero-order valence-electron chi connectivity index (χ0n) is 12.0. The molecule has 3 rings (SSSR count). The second kappa shape index (κ2) is 6.14. The number of nitrogens with zero attached hydrogens (tertiary/aromatic N) is 2. The summed E-state index contributed by atoms with van der Waals surface area (Å²) in [6, 6.07) is 18.3. The fraction of sp³-hybridized carbons (Fsp3) is 0.188. The van der Waals surface area contributed by atoms with E-state index in [2.05, 4.69) is 11.8 Å². The van der Waals surface area contributed by atoms with E-state index in [0.717, 1.165) is 5.56 Å². The first-order valence-corrected chi connectivity index (χ1v) is 9.23. The lowest BCUT2D eigenvalue weighted by Crippen LogP contribution is -2.08. The minimum absolute atomic E-state index is 0.154. The molecule has 0 aliphatic carbocycles. The van der Waals surface area contributed by atoms with Crippen molar-refractivity contribution in [1.29, 1.82) is 0 Å². The Kier molecular flexibility index (Phi) is 4.22. The lowest BCUT2D eigenvalue weighted by atomic mass is 9.98. The predicted octanol–water partition coefficient (Wildman–Crippen LogP) is 3.58. The molecule has 2 aromatic rings. The van der Waals surface area contributed by atoms with Gasteiger partial charge in [0.15, 0.2) is 28.2 Å². The van der Waals surface area contributed by atoms with E-state index in [1.165, 1.54) is 16.0 Å². The van der Waals surface area contributed by atoms with Crippen LogP contribution in [0.15, 0.2) is 65.6 Å². The van der Waals surface area contributed by atoms with E-state index in [0.29, 0.717) is 0 Å². The fourth-order valence-electron chi connectivity index (χ4n) is 2.35. The largest absolute Gasteiger partial charge is 0.310 e. The lowest BCUT2D eigenvalue weighted by molar-refractivity contribution is -0.261. The van der Waals surface area contributed by atoms with Gasteiger partial charge in [-0.1, -0.05) is 48.5 Å². The molecule has 0 saturated carbocycles. The molecule has 0 bridgehead atoms. The van der Waals surface area contributed by atoms with Crippen LogP contribution in [0.25, 0.3) is 4.83 Å². The minimum atomic E-state index is -3.67. The maximum atomic E-state index is 12.3. The molecule has 2 atom stereocenters. The third-order valence-corrected chi connectivity index (χ3v) is 5.89. The quantitative estimate of drug-likeness (QED) is 0.635. The number of rotatable bonds is 4. The van der Waals surface area contributed by atoms with Gasteiger partial charge in [0.1, 0.15) is 0 Å². The molecule has 4 nitrogen and oxygen atoms in total. The summed E-state index contributed by atoms with van der Waals surface area (Å²) >= 11 is 1.42. The predicted molar refractivity (Wildman–Crippen MR) is 89.5 cm³/mol. The highest BCUT2D eigenvalue weighted by Crippen LogP contribution is 2.36. The van der Waals surface area contributed by atoms with Gasteiger partial charge >= 0.3 is 0 Å². The molecular weight excluding hydrogens is 316 g/mol. The van der Waals surface area contributed by atoms with Gasteiger partial charge in [-0.3, -0.25) is 0 Å². The average molecular weight is 332 g/mol. The average Bonchev–Trinajstić information content (AvgIpc) is 2.89. The molecule has 1 aliphatic heterocycles. The molecular formula is C16H16N2O2S2. The van der Waals surface area contributed by atoms with Gasteiger partial charge in [-0.05, 0) is 24.6 Å². The molecule has 2 unspecified atom stereocenters. The topological polar surface area (TPSA) is 51.2 Å². The first kappa shape index (κ1) is 15.1. The summed E-state index contributed by atoms with van der Waals surface area (Å²) in [5.41, 5.74) is 1.16. The standard InChI is InChI=1S/C16H16N2O2S2/c1-13-16(14-8-4-2-5-9-14)12-18(21-13)17-22(19,20)15-10-6-3-7-11-15/h2-13,16H,1H3. The third-order valence-electron chi connectivity index (χ3n) is 3.48. The van der Waals surface area contributed by atoms with Gasteiger partial charge in [0.2, 0.25) is 0 Å². The maximum Gasteiger partial charge on any atom is 0.168 e. The molecule has 0 saturated heterocycles. The van der Waals surface area contributed by atoms with Crippen LogP contribution >= 0.6 is 11.9 Å². The zero-order valence-corrected chi connectivity index (χ0v) is 13.7. The third kappa shape index (κ3) is 3.18. The van der Waals surface area contributed by atoms with Gasteiger partial charge in [-0.15, -0.1) is 0 Å². The molecule has 2 aromatic carbocycles. The number of benzene rings is 2. The van der Waals surface area contributed by atoms with Crippen LogP contribution in [-0.2, 0) is 10.0 Å². The van der Waals surface area contributed by atoms with E-state index in [4.69, 9.17) is 0 Å². The summed E-state index contributed by atoms with van der Waals surface area (Å²) in [7, 11) is -3.67. The second-order valence-electron chi connectivity index (χ2n) is 5.07. The van der Waals surface area contributed by atoms with Crippen LogP contribution in [0.3, 0.4) is 0 Å². The van der Waals surface area contributed by atoms with Crippen molar-refractivity contribution in [3.8, 4) is 0 Å². The van der Waals surface area contributed by atoms with Gasteiger partial charge in [-0.25, -0.2) is 8.42 Å². The van der Waals surface area contributed by atoms with Crippen LogP contribution in [-0.4, -0.2) is 24.0 Å². The summed E-state index contributed by atoms with van der Waals surface area (Å²) in [5.74, 6) is 0.154. The molecule has 1 aliphatic rings. The highest BCUT2D eigenvalue weighted by molar-refractivity contribution is 7.97. The van der Waals surface area contributed by atoms with Crippen LogP contribution in [0.4, 0.5) is 0 Å². The second-order valence-corrected chi connectivity index (χ2v) is 7.98. The Morgan fingerprint density at radius 1 is 1.00 bits per heavy atom. The van der Waals surface area contributed by atoms with Crippen LogP contribution in [0.2, 0.25) is 0 Å². The number of hydrogen-bond acceptors (Lipinski definition) is 3. The van der Waals surface area contributed by atoms with Crippen molar-refractivity contribution >= 4 is 28.2 Å². The summed E-state index contributed by atoms with van der Waals surface area (Å²) < 4.78 is 26.1. The van der Waals surface area contributed by atoms with E-state index in [1.54, 1.807) is 30.3 Å². The highest BCUT2D eigenvalue weighted by atomic mass is 32.2. The zero-order chi connectivity index (χ0) is 15.6. The molecule has 0 amide bonds. The minimum Gasteiger partial charge on any atom is -0.310 e. The van der Waals surface area contributed by atoms with E-state index >= 15 is 0 Å². The maximum absolute atomic E-state index is 12.3. The molecule has 22 heavy (non-hydrogen) atoms. The smallest absolute Gasteiger partial charge is 0.168 e. The highest BCUT2D eigenvalue weighted by Gasteiger charge is 2.32. The molecule has 0 spiro atoms. The van der Waals surface area contributed by atoms with E-state index < -0.39 is 10.0 Å². The fourth-order valence-corrected chi connectivity index (χ4v) is 4.53. The monoisotopic (exact) mass is 332 g/mol. The van der Waals surface area contributed by atoms with Crippen molar-refractivity contribution in [3.63, 3.8) is 0 Å². The van der Waals surface area contributed by atoms with Gasteiger partial charge in [0.25, 0.3) is 0 Å². The van der Waals surface area contributed by atoms with Gasteiger partial charge in [0, 0.05) is 0 Å². The number of hydrogen-bond donors (Lipinski definition) is 0. The molecule has 0 N–H and O–H groups in total. The lowest BCUT2D eigenvalue weighted by Gasteiger charge is -2.14. The molecule has 0 aromatic heterocycles. The molecule has 0 fully saturated rings. The van der Waals surface area contributed by atoms with Gasteiger partial charge < -0.3 is 4.83 Å². The Morgan fingerprint density at radius 2 is 1.59 bits per heavy atom. The van der Waals surface area contributed by atoms with E-state index in [-0.39, 0.29) is 16.1 Å². The van der Waals surface area contributed by atoms with Crippen molar-refractivity contribution in [1.82, 2.24) is 0 Å². The molecule has 0 radical (unpaired) electrons.